The van der Waals surface area contributed by atoms with Crippen LogP contribution in [0.3, 0.4) is 0 Å². The number of aliphatic hydroxyl groups is 1. The topological polar surface area (TPSA) is 102 Å². The maximum Gasteiger partial charge on any atom is 0.311 e. The van der Waals surface area contributed by atoms with E-state index in [9.17, 15) is 14.9 Å². The summed E-state index contributed by atoms with van der Waals surface area (Å²) in [7, 11) is 1.34. The highest BCUT2D eigenvalue weighted by atomic mass is 16.6. The van der Waals surface area contributed by atoms with E-state index in [4.69, 9.17) is 9.84 Å². The third kappa shape index (κ3) is 5.39. The monoisotopic (exact) mass is 296 g/mol. The molecule has 0 heterocycles. The number of amides is 1. The summed E-state index contributed by atoms with van der Waals surface area (Å²) in [4.78, 5) is 22.2. The summed E-state index contributed by atoms with van der Waals surface area (Å²) in [5, 5.41) is 22.2. The summed E-state index contributed by atoms with van der Waals surface area (Å²) < 4.78 is 4.88. The lowest BCUT2D eigenvalue weighted by atomic mass is 10.1. The first-order chi connectivity index (χ1) is 10.1. The number of benzene rings is 1. The Labute approximate surface area is 123 Å². The number of unbranched alkanes of at least 4 members (excludes halogenated alkanes) is 3. The van der Waals surface area contributed by atoms with E-state index in [0.29, 0.717) is 6.54 Å². The Balaban J connectivity index is 2.54. The van der Waals surface area contributed by atoms with Gasteiger partial charge in [-0.2, -0.15) is 0 Å². The average Bonchev–Trinajstić information content (AvgIpc) is 2.49. The maximum atomic E-state index is 11.9. The molecular weight excluding hydrogens is 276 g/mol. The van der Waals surface area contributed by atoms with Crippen LogP contribution in [0.15, 0.2) is 18.2 Å². The summed E-state index contributed by atoms with van der Waals surface area (Å²) >= 11 is 0. The van der Waals surface area contributed by atoms with Gasteiger partial charge < -0.3 is 15.2 Å². The van der Waals surface area contributed by atoms with Gasteiger partial charge in [-0.25, -0.2) is 0 Å². The van der Waals surface area contributed by atoms with Gasteiger partial charge in [0.15, 0.2) is 5.75 Å². The van der Waals surface area contributed by atoms with Crippen LogP contribution in [0.1, 0.15) is 36.0 Å². The number of methoxy groups -OCH3 is 1. The minimum Gasteiger partial charge on any atom is -0.490 e. The molecule has 0 atom stereocenters. The van der Waals surface area contributed by atoms with E-state index in [0.717, 1.165) is 25.7 Å². The smallest absolute Gasteiger partial charge is 0.311 e. The molecule has 0 bridgehead atoms. The van der Waals surface area contributed by atoms with Crippen LogP contribution in [0.4, 0.5) is 5.69 Å². The molecule has 0 unspecified atom stereocenters. The van der Waals surface area contributed by atoms with Crippen molar-refractivity contribution in [3.63, 3.8) is 0 Å². The van der Waals surface area contributed by atoms with Gasteiger partial charge in [0.2, 0.25) is 0 Å². The van der Waals surface area contributed by atoms with E-state index in [1.54, 1.807) is 0 Å². The van der Waals surface area contributed by atoms with Crippen molar-refractivity contribution in [1.29, 1.82) is 0 Å². The fourth-order valence-corrected chi connectivity index (χ4v) is 1.87. The molecule has 0 saturated heterocycles. The number of nitro groups is 1. The summed E-state index contributed by atoms with van der Waals surface area (Å²) in [5.41, 5.74) is 0.00551. The third-order valence-corrected chi connectivity index (χ3v) is 3.01. The molecule has 0 aromatic heterocycles. The molecule has 2 N–H and O–H groups in total. The summed E-state index contributed by atoms with van der Waals surface area (Å²) in [6.07, 6.45) is 3.41. The van der Waals surface area contributed by atoms with Gasteiger partial charge in [0.25, 0.3) is 5.91 Å². The summed E-state index contributed by atoms with van der Waals surface area (Å²) in [6.45, 7) is 0.686. The number of nitrogens with zero attached hydrogens (tertiary/aromatic N) is 1. The molecule has 0 aliphatic rings. The fraction of sp³-hybridized carbons (Fsp3) is 0.500. The van der Waals surface area contributed by atoms with Gasteiger partial charge in [-0.1, -0.05) is 12.8 Å². The Morgan fingerprint density at radius 2 is 2.05 bits per heavy atom. The van der Waals surface area contributed by atoms with E-state index in [1.165, 1.54) is 25.3 Å². The Bertz CT molecular complexity index is 490. The number of aliphatic hydroxyl groups excluding tert-OH is 1. The van der Waals surface area contributed by atoms with E-state index in [-0.39, 0.29) is 29.5 Å². The zero-order valence-corrected chi connectivity index (χ0v) is 12.0. The minimum atomic E-state index is -0.579. The van der Waals surface area contributed by atoms with Crippen LogP contribution in [0.5, 0.6) is 5.75 Å². The van der Waals surface area contributed by atoms with Gasteiger partial charge in [-0.05, 0) is 25.0 Å². The van der Waals surface area contributed by atoms with E-state index >= 15 is 0 Å². The number of carbonyl (C=O) groups is 1. The van der Waals surface area contributed by atoms with Crippen molar-refractivity contribution in [3.8, 4) is 5.75 Å². The molecule has 0 saturated carbocycles. The van der Waals surface area contributed by atoms with Crippen LogP contribution in [0.2, 0.25) is 0 Å². The van der Waals surface area contributed by atoms with Gasteiger partial charge in [-0.3, -0.25) is 14.9 Å². The Kier molecular flexibility index (Phi) is 7.17. The highest BCUT2D eigenvalue weighted by molar-refractivity contribution is 5.95. The number of carbonyl (C=O) groups excluding carboxylic acids is 1. The first-order valence-corrected chi connectivity index (χ1v) is 6.81. The van der Waals surface area contributed by atoms with Gasteiger partial charge in [-0.15, -0.1) is 0 Å². The molecule has 116 valence electrons. The number of hydrogen-bond acceptors (Lipinski definition) is 5. The highest BCUT2D eigenvalue weighted by Gasteiger charge is 2.17. The first-order valence-electron chi connectivity index (χ1n) is 6.81. The average molecular weight is 296 g/mol. The lowest BCUT2D eigenvalue weighted by molar-refractivity contribution is -0.385. The largest absolute Gasteiger partial charge is 0.490 e. The summed E-state index contributed by atoms with van der Waals surface area (Å²) in [6, 6.07) is 4.11. The molecule has 1 amide bonds. The highest BCUT2D eigenvalue weighted by Crippen LogP contribution is 2.27. The Hall–Kier alpha value is -2.15. The molecule has 7 nitrogen and oxygen atoms in total. The van der Waals surface area contributed by atoms with Gasteiger partial charge in [0.05, 0.1) is 12.0 Å². The van der Waals surface area contributed by atoms with Crippen LogP contribution < -0.4 is 10.1 Å². The predicted octanol–water partition coefficient (Wildman–Crippen LogP) is 1.89. The second-order valence-electron chi connectivity index (χ2n) is 4.54. The molecule has 0 aliphatic heterocycles. The lowest BCUT2D eigenvalue weighted by Crippen LogP contribution is -2.24. The van der Waals surface area contributed by atoms with E-state index < -0.39 is 4.92 Å². The first kappa shape index (κ1) is 16.9. The van der Waals surface area contributed by atoms with E-state index in [1.807, 2.05) is 0 Å². The van der Waals surface area contributed by atoms with Crippen molar-refractivity contribution >= 4 is 11.6 Å². The second kappa shape index (κ2) is 8.91. The zero-order valence-electron chi connectivity index (χ0n) is 12.0. The van der Waals surface area contributed by atoms with Crippen LogP contribution >= 0.6 is 0 Å². The Morgan fingerprint density at radius 1 is 1.33 bits per heavy atom. The van der Waals surface area contributed by atoms with Gasteiger partial charge in [0, 0.05) is 24.8 Å². The minimum absolute atomic E-state index is 0.126. The predicted molar refractivity (Wildman–Crippen MR) is 77.5 cm³/mol. The van der Waals surface area contributed by atoms with Crippen LogP contribution in [-0.2, 0) is 0 Å². The standard InChI is InChI=1S/C14H20N2O5/c1-21-13-7-6-11(10-12(13)16(19)20)14(18)15-8-4-2-3-5-9-17/h6-7,10,17H,2-5,8-9H2,1H3,(H,15,18). The molecule has 0 spiro atoms. The quantitative estimate of drug-likeness (QED) is 0.411. The number of rotatable bonds is 9. The molecule has 0 radical (unpaired) electrons. The third-order valence-electron chi connectivity index (χ3n) is 3.01. The van der Waals surface area contributed by atoms with Gasteiger partial charge in [0.1, 0.15) is 0 Å². The molecule has 0 fully saturated rings. The SMILES string of the molecule is COc1ccc(C(=O)NCCCCCCO)cc1[N+](=O)[O-]. The number of nitrogens with one attached hydrogen (secondary N) is 1. The molecular formula is C14H20N2O5. The van der Waals surface area contributed by atoms with Crippen molar-refractivity contribution in [3.05, 3.63) is 33.9 Å². The van der Waals surface area contributed by atoms with Crippen LogP contribution in [0.25, 0.3) is 0 Å². The normalized spacial score (nSPS) is 10.2. The van der Waals surface area contributed by atoms with Crippen LogP contribution in [0, 0.1) is 10.1 Å². The van der Waals surface area contributed by atoms with E-state index in [2.05, 4.69) is 5.32 Å². The van der Waals surface area contributed by atoms with Crippen LogP contribution in [-0.4, -0.2) is 36.2 Å². The zero-order chi connectivity index (χ0) is 15.7. The van der Waals surface area contributed by atoms with Crippen molar-refractivity contribution in [2.75, 3.05) is 20.3 Å². The second-order valence-corrected chi connectivity index (χ2v) is 4.54. The molecule has 7 heteroatoms. The van der Waals surface area contributed by atoms with Crippen molar-refractivity contribution < 1.29 is 19.6 Å². The summed E-state index contributed by atoms with van der Waals surface area (Å²) in [5.74, 6) is -0.219. The maximum absolute atomic E-state index is 11.9. The molecule has 1 rings (SSSR count). The molecule has 21 heavy (non-hydrogen) atoms. The number of hydrogen-bond donors (Lipinski definition) is 2. The molecule has 1 aromatic carbocycles. The number of ether oxygens (including phenoxy) is 1. The Morgan fingerprint density at radius 3 is 2.67 bits per heavy atom. The molecule has 1 aromatic rings. The lowest BCUT2D eigenvalue weighted by Gasteiger charge is -2.06. The van der Waals surface area contributed by atoms with Gasteiger partial charge >= 0.3 is 5.69 Å². The number of nitro benzene ring substituents is 1. The van der Waals surface area contributed by atoms with Crippen molar-refractivity contribution in [2.45, 2.75) is 25.7 Å². The van der Waals surface area contributed by atoms with Crippen molar-refractivity contribution in [1.82, 2.24) is 5.32 Å². The molecule has 0 aliphatic carbocycles. The van der Waals surface area contributed by atoms with Crippen molar-refractivity contribution in [2.24, 2.45) is 0 Å². The fourth-order valence-electron chi connectivity index (χ4n) is 1.87.